The van der Waals surface area contributed by atoms with Crippen LogP contribution < -0.4 is 0 Å². The molecule has 29 heavy (non-hydrogen) atoms. The van der Waals surface area contributed by atoms with Crippen LogP contribution in [-0.2, 0) is 0 Å². The number of nitrogens with zero attached hydrogens (tertiary/aromatic N) is 6. The molecule has 146 valence electrons. The van der Waals surface area contributed by atoms with Gasteiger partial charge in [0.25, 0.3) is 5.89 Å². The first kappa shape index (κ1) is 18.3. The Morgan fingerprint density at radius 2 is 1.97 bits per heavy atom. The van der Waals surface area contributed by atoms with Crippen LogP contribution in [0.15, 0.2) is 47.2 Å². The van der Waals surface area contributed by atoms with Crippen molar-refractivity contribution in [2.75, 3.05) is 0 Å². The first-order valence-electron chi connectivity index (χ1n) is 8.94. The van der Waals surface area contributed by atoms with Gasteiger partial charge in [-0.2, -0.15) is 17.6 Å². The Labute approximate surface area is 175 Å². The maximum absolute atomic E-state index is 14.1. The first-order valence-corrected chi connectivity index (χ1v) is 9.83. The SMILES string of the molecule is Fc1ccc(Cl)cc1-c1nc(C(S)c2nnc(-c3ccncc3)n2C2CC2)no1. The van der Waals surface area contributed by atoms with E-state index in [-0.39, 0.29) is 17.3 Å². The standard InChI is InChI=1S/C19H14ClFN6OS/c20-11-1-4-14(21)13(9-11)19-23-16(26-28-19)15(29)18-25-24-17(27(18)12-2-3-12)10-5-7-22-8-6-10/h1,4-9,12,15,29H,2-3H2. The summed E-state index contributed by atoms with van der Waals surface area (Å²) in [6.07, 6.45) is 5.50. The molecule has 1 aliphatic carbocycles. The average molecular weight is 429 g/mol. The van der Waals surface area contributed by atoms with Gasteiger partial charge in [0, 0.05) is 29.0 Å². The molecule has 0 aliphatic heterocycles. The van der Waals surface area contributed by atoms with E-state index in [0.29, 0.717) is 16.9 Å². The number of pyridine rings is 1. The van der Waals surface area contributed by atoms with Crippen molar-refractivity contribution in [1.82, 2.24) is 29.9 Å². The van der Waals surface area contributed by atoms with Crippen LogP contribution in [0.25, 0.3) is 22.8 Å². The van der Waals surface area contributed by atoms with E-state index in [1.165, 1.54) is 18.2 Å². The van der Waals surface area contributed by atoms with Crippen molar-refractivity contribution in [2.45, 2.75) is 24.1 Å². The minimum Gasteiger partial charge on any atom is -0.334 e. The van der Waals surface area contributed by atoms with Crippen molar-refractivity contribution < 1.29 is 8.91 Å². The topological polar surface area (TPSA) is 82.5 Å². The van der Waals surface area contributed by atoms with Gasteiger partial charge in [0.1, 0.15) is 11.1 Å². The lowest BCUT2D eigenvalue weighted by atomic mass is 10.2. The van der Waals surface area contributed by atoms with Gasteiger partial charge in [0.15, 0.2) is 17.5 Å². The third-order valence-corrected chi connectivity index (χ3v) is 5.36. The smallest absolute Gasteiger partial charge is 0.261 e. The van der Waals surface area contributed by atoms with Gasteiger partial charge in [-0.1, -0.05) is 16.8 Å². The molecular formula is C19H14ClFN6OS. The summed E-state index contributed by atoms with van der Waals surface area (Å²) in [4.78, 5) is 8.37. The molecular weight excluding hydrogens is 415 g/mol. The molecule has 7 nitrogen and oxygen atoms in total. The molecule has 1 fully saturated rings. The fourth-order valence-electron chi connectivity index (χ4n) is 3.11. The highest BCUT2D eigenvalue weighted by molar-refractivity contribution is 7.80. The second kappa shape index (κ2) is 7.23. The maximum atomic E-state index is 14.1. The molecule has 10 heteroatoms. The second-order valence-corrected chi connectivity index (χ2v) is 7.66. The van der Waals surface area contributed by atoms with Gasteiger partial charge in [-0.3, -0.25) is 4.98 Å². The van der Waals surface area contributed by atoms with Crippen LogP contribution in [0.5, 0.6) is 0 Å². The number of benzene rings is 1. The second-order valence-electron chi connectivity index (χ2n) is 6.70. The summed E-state index contributed by atoms with van der Waals surface area (Å²) in [5.74, 6) is 1.17. The number of aromatic nitrogens is 6. The van der Waals surface area contributed by atoms with Crippen LogP contribution in [0, 0.1) is 5.82 Å². The maximum Gasteiger partial charge on any atom is 0.261 e. The van der Waals surface area contributed by atoms with Crippen LogP contribution in [0.1, 0.15) is 35.8 Å². The highest BCUT2D eigenvalue weighted by atomic mass is 35.5. The molecule has 1 aromatic carbocycles. The fourth-order valence-corrected chi connectivity index (χ4v) is 3.57. The van der Waals surface area contributed by atoms with Crippen LogP contribution >= 0.6 is 24.2 Å². The lowest BCUT2D eigenvalue weighted by molar-refractivity contribution is 0.420. The molecule has 0 spiro atoms. The summed E-state index contributed by atoms with van der Waals surface area (Å²) in [5, 5.41) is 12.5. The molecule has 3 heterocycles. The number of hydrogen-bond donors (Lipinski definition) is 1. The number of halogens is 2. The molecule has 1 saturated carbocycles. The highest BCUT2D eigenvalue weighted by Crippen LogP contribution is 2.41. The molecule has 5 rings (SSSR count). The third-order valence-electron chi connectivity index (χ3n) is 4.66. The molecule has 0 N–H and O–H groups in total. The minimum absolute atomic E-state index is 0.0332. The molecule has 1 unspecified atom stereocenters. The number of thiol groups is 1. The van der Waals surface area contributed by atoms with Gasteiger partial charge in [-0.05, 0) is 43.2 Å². The van der Waals surface area contributed by atoms with Crippen molar-refractivity contribution in [3.63, 3.8) is 0 Å². The van der Waals surface area contributed by atoms with E-state index >= 15 is 0 Å². The predicted octanol–water partition coefficient (Wildman–Crippen LogP) is 4.54. The summed E-state index contributed by atoms with van der Waals surface area (Å²) in [7, 11) is 0. The van der Waals surface area contributed by atoms with E-state index in [1.807, 2.05) is 12.1 Å². The van der Waals surface area contributed by atoms with Crippen LogP contribution in [-0.4, -0.2) is 29.9 Å². The molecule has 0 amide bonds. The van der Waals surface area contributed by atoms with Crippen molar-refractivity contribution in [3.8, 4) is 22.8 Å². The molecule has 4 aromatic rings. The largest absolute Gasteiger partial charge is 0.334 e. The summed E-state index contributed by atoms with van der Waals surface area (Å²) >= 11 is 10.6. The number of hydrogen-bond acceptors (Lipinski definition) is 7. The Hall–Kier alpha value is -2.78. The normalized spacial score (nSPS) is 14.9. The summed E-state index contributed by atoms with van der Waals surface area (Å²) in [6, 6.07) is 8.22. The molecule has 0 saturated heterocycles. The lowest BCUT2D eigenvalue weighted by Crippen LogP contribution is -2.08. The van der Waals surface area contributed by atoms with Crippen molar-refractivity contribution in [3.05, 3.63) is 65.2 Å². The zero-order chi connectivity index (χ0) is 20.0. The van der Waals surface area contributed by atoms with Gasteiger partial charge in [0.2, 0.25) is 0 Å². The van der Waals surface area contributed by atoms with E-state index in [9.17, 15) is 4.39 Å². The quantitative estimate of drug-likeness (QED) is 0.470. The van der Waals surface area contributed by atoms with Gasteiger partial charge in [0.05, 0.1) is 5.56 Å². The van der Waals surface area contributed by atoms with E-state index in [0.717, 1.165) is 24.2 Å². The fraction of sp³-hybridized carbons (Fsp3) is 0.211. The van der Waals surface area contributed by atoms with E-state index in [1.54, 1.807) is 12.4 Å². The van der Waals surface area contributed by atoms with Crippen molar-refractivity contribution >= 4 is 24.2 Å². The third kappa shape index (κ3) is 3.40. The minimum atomic E-state index is -0.585. The lowest BCUT2D eigenvalue weighted by Gasteiger charge is -2.11. The average Bonchev–Trinajstić information content (AvgIpc) is 3.29. The van der Waals surface area contributed by atoms with Gasteiger partial charge in [-0.15, -0.1) is 10.2 Å². The molecule has 0 bridgehead atoms. The zero-order valence-corrected chi connectivity index (χ0v) is 16.6. The van der Waals surface area contributed by atoms with E-state index < -0.39 is 11.1 Å². The van der Waals surface area contributed by atoms with Crippen LogP contribution in [0.3, 0.4) is 0 Å². The highest BCUT2D eigenvalue weighted by Gasteiger charge is 2.33. The van der Waals surface area contributed by atoms with Gasteiger partial charge < -0.3 is 9.09 Å². The summed E-state index contributed by atoms with van der Waals surface area (Å²) < 4.78 is 21.4. The Bertz CT molecular complexity index is 1180. The Morgan fingerprint density at radius 3 is 2.72 bits per heavy atom. The van der Waals surface area contributed by atoms with Gasteiger partial charge >= 0.3 is 0 Å². The van der Waals surface area contributed by atoms with Crippen molar-refractivity contribution in [2.24, 2.45) is 0 Å². The first-order chi connectivity index (χ1) is 14.1. The monoisotopic (exact) mass is 428 g/mol. The molecule has 1 atom stereocenters. The summed E-state index contributed by atoms with van der Waals surface area (Å²) in [5.41, 5.74) is 1.05. The van der Waals surface area contributed by atoms with E-state index in [2.05, 4.69) is 42.5 Å². The molecule has 0 radical (unpaired) electrons. The van der Waals surface area contributed by atoms with Gasteiger partial charge in [-0.25, -0.2) is 4.39 Å². The molecule has 3 aromatic heterocycles. The Morgan fingerprint density at radius 1 is 1.17 bits per heavy atom. The predicted molar refractivity (Wildman–Crippen MR) is 107 cm³/mol. The number of rotatable bonds is 5. The van der Waals surface area contributed by atoms with E-state index in [4.69, 9.17) is 16.1 Å². The summed E-state index contributed by atoms with van der Waals surface area (Å²) in [6.45, 7) is 0. The van der Waals surface area contributed by atoms with Crippen LogP contribution in [0.2, 0.25) is 5.02 Å². The van der Waals surface area contributed by atoms with Crippen LogP contribution in [0.4, 0.5) is 4.39 Å². The Kier molecular flexibility index (Phi) is 4.56. The van der Waals surface area contributed by atoms with Crippen molar-refractivity contribution in [1.29, 1.82) is 0 Å². The molecule has 1 aliphatic rings. The Balaban J connectivity index is 1.52. The zero-order valence-electron chi connectivity index (χ0n) is 14.9.